The Labute approximate surface area is 319 Å². The van der Waals surface area contributed by atoms with E-state index in [1.807, 2.05) is 0 Å². The second-order valence-electron chi connectivity index (χ2n) is 14.1. The van der Waals surface area contributed by atoms with E-state index in [4.69, 9.17) is 4.98 Å². The first-order valence-electron chi connectivity index (χ1n) is 17.1. The smallest absolute Gasteiger partial charge is 0.346 e. The van der Waals surface area contributed by atoms with Gasteiger partial charge in [0, 0.05) is 59.9 Å². The van der Waals surface area contributed by atoms with Crippen molar-refractivity contribution in [1.82, 2.24) is 39.6 Å². The Bertz CT molecular complexity index is 2750. The van der Waals surface area contributed by atoms with Gasteiger partial charge in [0.15, 0.2) is 11.5 Å². The van der Waals surface area contributed by atoms with Crippen LogP contribution in [0.1, 0.15) is 40.2 Å². The van der Waals surface area contributed by atoms with Crippen LogP contribution in [0.2, 0.25) is 0 Å². The number of hydrogen-bond donors (Lipinski definition) is 2. The molecule has 6 aromatic rings. The predicted molar refractivity (Wildman–Crippen MR) is 192 cm³/mol. The van der Waals surface area contributed by atoms with Crippen molar-refractivity contribution < 1.29 is 43.9 Å². The van der Waals surface area contributed by atoms with Gasteiger partial charge in [-0.1, -0.05) is 30.4 Å². The highest BCUT2D eigenvalue weighted by molar-refractivity contribution is 7.92. The van der Waals surface area contributed by atoms with E-state index in [9.17, 15) is 35.2 Å². The zero-order valence-corrected chi connectivity index (χ0v) is 30.9. The maximum absolute atomic E-state index is 15.6. The number of anilines is 1. The summed E-state index contributed by atoms with van der Waals surface area (Å²) in [5.41, 5.74) is -1.19. The summed E-state index contributed by atoms with van der Waals surface area (Å²) in [5.74, 6) is -9.53. The molecule has 0 aliphatic heterocycles. The second-order valence-corrected chi connectivity index (χ2v) is 15.9. The van der Waals surface area contributed by atoms with Crippen molar-refractivity contribution in [3.63, 3.8) is 0 Å². The van der Waals surface area contributed by atoms with Crippen molar-refractivity contribution in [1.29, 1.82) is 0 Å². The van der Waals surface area contributed by atoms with E-state index in [2.05, 4.69) is 31.9 Å². The zero-order chi connectivity index (χ0) is 40.9. The molecule has 0 unspecified atom stereocenters. The molecular formula is C37H30F7N9O3S. The summed E-state index contributed by atoms with van der Waals surface area (Å²) in [6.45, 7) is 2.42. The molecule has 2 aliphatic rings. The number of rotatable bonds is 10. The van der Waals surface area contributed by atoms with E-state index in [-0.39, 0.29) is 29.1 Å². The lowest BCUT2D eigenvalue weighted by atomic mass is 9.93. The third-order valence-corrected chi connectivity index (χ3v) is 10.5. The number of halogens is 7. The molecule has 0 saturated heterocycles. The van der Waals surface area contributed by atoms with Crippen molar-refractivity contribution >= 4 is 32.7 Å². The molecule has 8 rings (SSSR count). The molecular weight excluding hydrogens is 784 g/mol. The summed E-state index contributed by atoms with van der Waals surface area (Å²) in [5, 5.41) is 15.0. The number of fused-ring (bicyclic) bond motifs is 4. The molecule has 4 heterocycles. The number of amides is 1. The Balaban J connectivity index is 1.27. The lowest BCUT2D eigenvalue weighted by Crippen LogP contribution is -2.35. The van der Waals surface area contributed by atoms with Gasteiger partial charge in [0.05, 0.1) is 41.3 Å². The Hall–Kier alpha value is -6.05. The molecule has 57 heavy (non-hydrogen) atoms. The lowest BCUT2D eigenvalue weighted by molar-refractivity contribution is -0.142. The molecule has 0 spiro atoms. The molecule has 1 fully saturated rings. The zero-order valence-electron chi connectivity index (χ0n) is 30.0. The van der Waals surface area contributed by atoms with Crippen molar-refractivity contribution in [2.24, 2.45) is 20.0 Å². The first-order valence-corrected chi connectivity index (χ1v) is 19.0. The Kier molecular flexibility index (Phi) is 8.63. The number of benzene rings is 2. The van der Waals surface area contributed by atoms with Gasteiger partial charge in [-0.15, -0.1) is 0 Å². The highest BCUT2D eigenvalue weighted by atomic mass is 32.2. The highest BCUT2D eigenvalue weighted by Crippen LogP contribution is 2.71. The van der Waals surface area contributed by atoms with Crippen LogP contribution in [0, 0.1) is 17.6 Å². The van der Waals surface area contributed by atoms with Gasteiger partial charge in [-0.3, -0.25) is 23.6 Å². The van der Waals surface area contributed by atoms with E-state index in [0.717, 1.165) is 18.4 Å². The van der Waals surface area contributed by atoms with Crippen molar-refractivity contribution in [2.75, 3.05) is 11.0 Å². The number of aromatic nitrogens is 7. The molecule has 3 atom stereocenters. The fourth-order valence-electron chi connectivity index (χ4n) is 7.75. The number of para-hydroxylation sites is 1. The first-order chi connectivity index (χ1) is 26.7. The van der Waals surface area contributed by atoms with Gasteiger partial charge in [0.2, 0.25) is 15.9 Å². The summed E-state index contributed by atoms with van der Waals surface area (Å²) in [6, 6.07) is 9.58. The summed E-state index contributed by atoms with van der Waals surface area (Å²) >= 11 is 0. The summed E-state index contributed by atoms with van der Waals surface area (Å²) in [7, 11) is -0.528. The van der Waals surface area contributed by atoms with Crippen molar-refractivity contribution in [3.05, 3.63) is 113 Å². The number of aryl methyl sites for hydroxylation is 2. The molecule has 1 saturated carbocycles. The molecule has 0 radical (unpaired) electrons. The number of allylic oxidation sites excluding steroid dienone is 1. The van der Waals surface area contributed by atoms with Crippen LogP contribution < -0.4 is 10.0 Å². The monoisotopic (exact) mass is 813 g/mol. The minimum Gasteiger partial charge on any atom is -0.346 e. The Morgan fingerprint density at radius 1 is 1.04 bits per heavy atom. The number of carbonyl (C=O) groups is 1. The van der Waals surface area contributed by atoms with E-state index >= 15 is 8.78 Å². The van der Waals surface area contributed by atoms with Crippen LogP contribution >= 0.6 is 0 Å². The molecule has 2 aromatic carbocycles. The maximum atomic E-state index is 15.6. The number of carbonyl (C=O) groups excluding carboxylic acids is 1. The van der Waals surface area contributed by atoms with Gasteiger partial charge in [0.25, 0.3) is 5.92 Å². The number of pyridine rings is 1. The quantitative estimate of drug-likeness (QED) is 0.121. The average Bonchev–Trinajstić information content (AvgIpc) is 3.44. The molecule has 0 bridgehead atoms. The number of nitrogens with zero attached hydrogens (tertiary/aromatic N) is 7. The number of alkyl halides is 5. The lowest BCUT2D eigenvalue weighted by Gasteiger charge is -2.23. The fourth-order valence-corrected chi connectivity index (χ4v) is 8.25. The molecule has 296 valence electrons. The topological polar surface area (TPSA) is 142 Å². The SMILES string of the molecule is C=C1[C@@H]2c3c(C(F)(F)F)nn(CC(=O)N[C@@H](Cc4cc(F)cc(F)c4)c4nc(-c5cnn(C)c5)ccc4-c4cccc5c(NS(C)(=O)=O)nn(C)c45)c3C(F)(F)[C@H]12. The second kappa shape index (κ2) is 13.0. The van der Waals surface area contributed by atoms with Crippen LogP contribution in [0.3, 0.4) is 0 Å². The van der Waals surface area contributed by atoms with E-state index in [1.165, 1.54) is 15.6 Å². The fraction of sp³-hybridized carbons (Fsp3) is 0.270. The van der Waals surface area contributed by atoms with Crippen molar-refractivity contribution in [2.45, 2.75) is 37.0 Å². The van der Waals surface area contributed by atoms with Gasteiger partial charge >= 0.3 is 6.18 Å². The van der Waals surface area contributed by atoms with Crippen LogP contribution in [0.25, 0.3) is 33.3 Å². The number of hydrogen-bond acceptors (Lipinski definition) is 7. The van der Waals surface area contributed by atoms with Gasteiger partial charge in [-0.05, 0) is 36.2 Å². The van der Waals surface area contributed by atoms with Crippen molar-refractivity contribution in [3.8, 4) is 22.4 Å². The molecule has 2 N–H and O–H groups in total. The van der Waals surface area contributed by atoms with Crippen LogP contribution in [0.15, 0.2) is 73.1 Å². The van der Waals surface area contributed by atoms with E-state index in [0.29, 0.717) is 44.0 Å². The third-order valence-electron chi connectivity index (χ3n) is 9.98. The summed E-state index contributed by atoms with van der Waals surface area (Å²) < 4.78 is 133. The van der Waals surface area contributed by atoms with Crippen LogP contribution in [-0.2, 0) is 54.0 Å². The summed E-state index contributed by atoms with van der Waals surface area (Å²) in [4.78, 5) is 18.9. The Morgan fingerprint density at radius 3 is 2.40 bits per heavy atom. The molecule has 4 aromatic heterocycles. The molecule has 20 heteroatoms. The minimum absolute atomic E-state index is 0.0152. The molecule has 1 amide bonds. The first kappa shape index (κ1) is 37.9. The van der Waals surface area contributed by atoms with E-state index in [1.54, 1.807) is 50.6 Å². The minimum atomic E-state index is -5.11. The Morgan fingerprint density at radius 2 is 1.75 bits per heavy atom. The van der Waals surface area contributed by atoms with Crippen LogP contribution in [-0.4, -0.2) is 54.9 Å². The predicted octanol–water partition coefficient (Wildman–Crippen LogP) is 6.38. The standard InChI is InChI=1S/C37H30F7N9O3S/c1-17-28-29-33(37(42,43)44)48-53(34(29)36(40,41)30(17)28)16-27(54)46-26(12-18-10-20(38)13-21(39)11-18)31-22(8-9-25(47-31)19-14-45-51(2)15-19)23-6-5-7-24-32(23)52(3)49-35(24)50-57(4,55)56/h5-11,13-15,26,28,30H,1,12,16H2,2-4H3,(H,46,54)(H,49,50)/t26-,28+,30+/m0/s1. The summed E-state index contributed by atoms with van der Waals surface area (Å²) in [6.07, 6.45) is -1.32. The maximum Gasteiger partial charge on any atom is 0.435 e. The van der Waals surface area contributed by atoms with Gasteiger partial charge in [0.1, 0.15) is 23.9 Å². The number of nitrogens with one attached hydrogen (secondary N) is 2. The van der Waals surface area contributed by atoms with Gasteiger partial charge in [-0.2, -0.15) is 37.2 Å². The largest absolute Gasteiger partial charge is 0.435 e. The number of sulfonamides is 1. The average molecular weight is 814 g/mol. The van der Waals surface area contributed by atoms with Gasteiger partial charge in [-0.25, -0.2) is 22.2 Å². The van der Waals surface area contributed by atoms with Crippen LogP contribution in [0.5, 0.6) is 0 Å². The third kappa shape index (κ3) is 6.70. The normalized spacial score (nSPS) is 17.8. The van der Waals surface area contributed by atoms with Crippen LogP contribution in [0.4, 0.5) is 36.6 Å². The van der Waals surface area contributed by atoms with E-state index < -0.39 is 81.0 Å². The molecule has 12 nitrogen and oxygen atoms in total. The van der Waals surface area contributed by atoms with Gasteiger partial charge < -0.3 is 5.32 Å². The highest BCUT2D eigenvalue weighted by Gasteiger charge is 2.71. The molecule has 2 aliphatic carbocycles.